The molecule has 1 aliphatic carbocycles. The van der Waals surface area contributed by atoms with E-state index < -0.39 is 0 Å². The fourth-order valence-electron chi connectivity index (χ4n) is 3.01. The highest BCUT2D eigenvalue weighted by Crippen LogP contribution is 2.32. The Bertz CT molecular complexity index is 322. The van der Waals surface area contributed by atoms with Gasteiger partial charge in [0.25, 0.3) is 0 Å². The largest absolute Gasteiger partial charge is 0.396 e. The molecule has 0 saturated heterocycles. The van der Waals surface area contributed by atoms with Gasteiger partial charge in [0.2, 0.25) is 0 Å². The fourth-order valence-corrected chi connectivity index (χ4v) is 3.01. The summed E-state index contributed by atoms with van der Waals surface area (Å²) in [5.74, 6) is 0.821. The summed E-state index contributed by atoms with van der Waals surface area (Å²) in [4.78, 5) is 0. The number of unbranched alkanes of at least 4 members (excludes halogenated alkanes) is 2. The van der Waals surface area contributed by atoms with Crippen LogP contribution in [0.1, 0.15) is 68.4 Å². The Morgan fingerprint density at radius 1 is 0.889 bits per heavy atom. The van der Waals surface area contributed by atoms with E-state index in [4.69, 9.17) is 5.11 Å². The highest BCUT2D eigenvalue weighted by molar-refractivity contribution is 5.25. The maximum Gasteiger partial charge on any atom is 0.0431 e. The molecule has 1 heteroatoms. The Morgan fingerprint density at radius 3 is 2.28 bits per heavy atom. The van der Waals surface area contributed by atoms with Crippen LogP contribution in [-0.2, 0) is 6.42 Å². The molecule has 0 atom stereocenters. The minimum atomic E-state index is 0.334. The number of aryl methyl sites for hydroxylation is 1. The molecule has 1 aromatic carbocycles. The van der Waals surface area contributed by atoms with Crippen LogP contribution in [0.25, 0.3) is 0 Å². The maximum absolute atomic E-state index is 8.74. The third-order valence-electron chi connectivity index (χ3n) is 4.18. The highest BCUT2D eigenvalue weighted by Gasteiger charge is 2.14. The monoisotopic (exact) mass is 246 g/mol. The normalized spacial score (nSPS) is 16.9. The van der Waals surface area contributed by atoms with E-state index in [1.807, 2.05) is 0 Å². The molecule has 0 aliphatic heterocycles. The van der Waals surface area contributed by atoms with Gasteiger partial charge in [-0.05, 0) is 49.1 Å². The summed E-state index contributed by atoms with van der Waals surface area (Å²) in [5, 5.41) is 8.74. The standard InChI is InChI=1S/C17H26O/c18-14-6-2-3-7-15-10-12-17(13-11-15)16-8-4-1-5-9-16/h10-13,16,18H,1-9,14H2. The van der Waals surface area contributed by atoms with Crippen molar-refractivity contribution in [3.8, 4) is 0 Å². The molecule has 0 unspecified atom stereocenters. The minimum Gasteiger partial charge on any atom is -0.396 e. The molecule has 0 spiro atoms. The van der Waals surface area contributed by atoms with E-state index in [-0.39, 0.29) is 0 Å². The molecule has 0 bridgehead atoms. The molecule has 0 amide bonds. The number of benzene rings is 1. The summed E-state index contributed by atoms with van der Waals surface area (Å²) < 4.78 is 0. The maximum atomic E-state index is 8.74. The van der Waals surface area contributed by atoms with Gasteiger partial charge in [-0.25, -0.2) is 0 Å². The molecule has 1 fully saturated rings. The Labute approximate surface area is 111 Å². The summed E-state index contributed by atoms with van der Waals surface area (Å²) in [6.07, 6.45) is 11.5. The van der Waals surface area contributed by atoms with Crippen molar-refractivity contribution < 1.29 is 5.11 Å². The van der Waals surface area contributed by atoms with E-state index in [1.54, 1.807) is 5.56 Å². The van der Waals surface area contributed by atoms with E-state index in [2.05, 4.69) is 24.3 Å². The molecule has 0 radical (unpaired) electrons. The summed E-state index contributed by atoms with van der Waals surface area (Å²) in [5.41, 5.74) is 3.00. The van der Waals surface area contributed by atoms with Gasteiger partial charge >= 0.3 is 0 Å². The van der Waals surface area contributed by atoms with Crippen molar-refractivity contribution >= 4 is 0 Å². The molecule has 2 rings (SSSR count). The number of hydrogen-bond acceptors (Lipinski definition) is 1. The van der Waals surface area contributed by atoms with Crippen molar-refractivity contribution in [3.63, 3.8) is 0 Å². The van der Waals surface area contributed by atoms with Gasteiger partial charge in [0.05, 0.1) is 0 Å². The van der Waals surface area contributed by atoms with Crippen LogP contribution < -0.4 is 0 Å². The van der Waals surface area contributed by atoms with Gasteiger partial charge in [0.1, 0.15) is 0 Å². The molecule has 1 nitrogen and oxygen atoms in total. The van der Waals surface area contributed by atoms with Crippen LogP contribution in [0.3, 0.4) is 0 Å². The van der Waals surface area contributed by atoms with Crippen molar-refractivity contribution in [3.05, 3.63) is 35.4 Å². The van der Waals surface area contributed by atoms with Crippen LogP contribution in [0.2, 0.25) is 0 Å². The molecular formula is C17H26O. The smallest absolute Gasteiger partial charge is 0.0431 e. The number of aliphatic hydroxyl groups excluding tert-OH is 1. The second kappa shape index (κ2) is 7.58. The predicted molar refractivity (Wildman–Crippen MR) is 76.9 cm³/mol. The van der Waals surface area contributed by atoms with Gasteiger partial charge in [-0.2, -0.15) is 0 Å². The summed E-state index contributed by atoms with van der Waals surface area (Å²) in [6.45, 7) is 0.334. The molecule has 1 aliphatic rings. The zero-order chi connectivity index (χ0) is 12.6. The van der Waals surface area contributed by atoms with Crippen LogP contribution in [0, 0.1) is 0 Å². The Balaban J connectivity index is 1.81. The van der Waals surface area contributed by atoms with Crippen LogP contribution in [0.4, 0.5) is 0 Å². The third-order valence-corrected chi connectivity index (χ3v) is 4.18. The van der Waals surface area contributed by atoms with Crippen molar-refractivity contribution in [2.45, 2.75) is 63.7 Å². The van der Waals surface area contributed by atoms with Gasteiger partial charge in [0.15, 0.2) is 0 Å². The Kier molecular flexibility index (Phi) is 5.73. The SMILES string of the molecule is OCCCCCc1ccc(C2CCCCC2)cc1. The van der Waals surface area contributed by atoms with Gasteiger partial charge in [0, 0.05) is 6.61 Å². The lowest BCUT2D eigenvalue weighted by Gasteiger charge is -2.22. The van der Waals surface area contributed by atoms with Gasteiger partial charge in [-0.1, -0.05) is 49.9 Å². The second-order valence-corrected chi connectivity index (χ2v) is 5.61. The van der Waals surface area contributed by atoms with Crippen LogP contribution in [0.5, 0.6) is 0 Å². The summed E-state index contributed by atoms with van der Waals surface area (Å²) >= 11 is 0. The zero-order valence-electron chi connectivity index (χ0n) is 11.4. The molecule has 100 valence electrons. The topological polar surface area (TPSA) is 20.2 Å². The van der Waals surface area contributed by atoms with Crippen molar-refractivity contribution in [2.75, 3.05) is 6.61 Å². The van der Waals surface area contributed by atoms with E-state index in [1.165, 1.54) is 44.1 Å². The summed E-state index contributed by atoms with van der Waals surface area (Å²) in [6, 6.07) is 9.31. The lowest BCUT2D eigenvalue weighted by molar-refractivity contribution is 0.283. The van der Waals surface area contributed by atoms with Gasteiger partial charge in [-0.15, -0.1) is 0 Å². The lowest BCUT2D eigenvalue weighted by atomic mass is 9.84. The number of aliphatic hydroxyl groups is 1. The van der Waals surface area contributed by atoms with E-state index in [9.17, 15) is 0 Å². The van der Waals surface area contributed by atoms with Crippen molar-refractivity contribution in [2.24, 2.45) is 0 Å². The van der Waals surface area contributed by atoms with Gasteiger partial charge in [-0.3, -0.25) is 0 Å². The van der Waals surface area contributed by atoms with Crippen LogP contribution >= 0.6 is 0 Å². The average Bonchev–Trinajstić information content (AvgIpc) is 2.45. The Hall–Kier alpha value is -0.820. The molecular weight excluding hydrogens is 220 g/mol. The Morgan fingerprint density at radius 2 is 1.61 bits per heavy atom. The first-order chi connectivity index (χ1) is 8.90. The van der Waals surface area contributed by atoms with Crippen LogP contribution in [-0.4, -0.2) is 11.7 Å². The van der Waals surface area contributed by atoms with Gasteiger partial charge < -0.3 is 5.11 Å². The average molecular weight is 246 g/mol. The van der Waals surface area contributed by atoms with E-state index in [0.29, 0.717) is 6.61 Å². The first kappa shape index (κ1) is 13.6. The molecule has 0 aromatic heterocycles. The van der Waals surface area contributed by atoms with Crippen LogP contribution in [0.15, 0.2) is 24.3 Å². The molecule has 1 aromatic rings. The molecule has 18 heavy (non-hydrogen) atoms. The van der Waals surface area contributed by atoms with Crippen molar-refractivity contribution in [1.29, 1.82) is 0 Å². The molecule has 1 saturated carbocycles. The number of rotatable bonds is 6. The van der Waals surface area contributed by atoms with Crippen molar-refractivity contribution in [1.82, 2.24) is 0 Å². The minimum absolute atomic E-state index is 0.334. The summed E-state index contributed by atoms with van der Waals surface area (Å²) in [7, 11) is 0. The highest BCUT2D eigenvalue weighted by atomic mass is 16.2. The molecule has 1 N–H and O–H groups in total. The lowest BCUT2D eigenvalue weighted by Crippen LogP contribution is -2.04. The van der Waals surface area contributed by atoms with E-state index >= 15 is 0 Å². The number of hydrogen-bond donors (Lipinski definition) is 1. The quantitative estimate of drug-likeness (QED) is 0.736. The second-order valence-electron chi connectivity index (χ2n) is 5.61. The zero-order valence-corrected chi connectivity index (χ0v) is 11.4. The fraction of sp³-hybridized carbons (Fsp3) is 0.647. The van der Waals surface area contributed by atoms with E-state index in [0.717, 1.165) is 25.2 Å². The first-order valence-electron chi connectivity index (χ1n) is 7.60. The third kappa shape index (κ3) is 4.13. The first-order valence-corrected chi connectivity index (χ1v) is 7.60. The predicted octanol–water partition coefficient (Wildman–Crippen LogP) is 4.44. The molecule has 0 heterocycles.